The molecule has 0 saturated carbocycles. The van der Waals surface area contributed by atoms with E-state index in [4.69, 9.17) is 4.74 Å². The van der Waals surface area contributed by atoms with Crippen molar-refractivity contribution >= 4 is 15.9 Å². The molecule has 1 amide bonds. The van der Waals surface area contributed by atoms with Crippen LogP contribution in [0.25, 0.3) is 0 Å². The molecule has 3 atom stereocenters. The smallest absolute Gasteiger partial charge is 0.254 e. The highest BCUT2D eigenvalue weighted by Gasteiger charge is 2.33. The first kappa shape index (κ1) is 23.3. The molecule has 0 spiro atoms. The molecule has 7 nitrogen and oxygen atoms in total. The van der Waals surface area contributed by atoms with E-state index in [1.165, 1.54) is 30.3 Å². The van der Waals surface area contributed by atoms with Gasteiger partial charge in [0.2, 0.25) is 10.0 Å². The summed E-state index contributed by atoms with van der Waals surface area (Å²) in [5, 5.41) is 12.4. The third kappa shape index (κ3) is 6.10. The average molecular weight is 451 g/mol. The van der Waals surface area contributed by atoms with E-state index in [1.54, 1.807) is 18.2 Å². The quantitative estimate of drug-likeness (QED) is 0.572. The van der Waals surface area contributed by atoms with E-state index >= 15 is 0 Å². The lowest BCUT2D eigenvalue weighted by molar-refractivity contribution is -0.0871. The number of nitrogens with one attached hydrogen (secondary N) is 2. The third-order valence-electron chi connectivity index (χ3n) is 5.30. The van der Waals surface area contributed by atoms with Gasteiger partial charge in [0.25, 0.3) is 5.91 Å². The zero-order chi connectivity index (χ0) is 22.4. The molecule has 1 heterocycles. The van der Waals surface area contributed by atoms with Gasteiger partial charge in [-0.1, -0.05) is 29.8 Å². The van der Waals surface area contributed by atoms with Crippen LogP contribution in [0.15, 0.2) is 53.4 Å². The molecule has 0 aromatic heterocycles. The van der Waals surface area contributed by atoms with Crippen molar-refractivity contribution in [2.24, 2.45) is 0 Å². The van der Waals surface area contributed by atoms with Crippen LogP contribution in [0.1, 0.15) is 35.2 Å². The first-order valence-corrected chi connectivity index (χ1v) is 11.7. The SMILES string of the molecule is Cc1ccc(S(=O)(=O)N[C@@H]2CC[C@H](CCNC(=O)c3ccccc3F)O[C@@H]2CO)cc1. The van der Waals surface area contributed by atoms with E-state index in [0.717, 1.165) is 5.56 Å². The number of sulfonamides is 1. The summed E-state index contributed by atoms with van der Waals surface area (Å²) in [6.07, 6.45) is 0.572. The van der Waals surface area contributed by atoms with Gasteiger partial charge in [0.15, 0.2) is 0 Å². The van der Waals surface area contributed by atoms with Crippen LogP contribution in [0.4, 0.5) is 4.39 Å². The van der Waals surface area contributed by atoms with Gasteiger partial charge in [-0.05, 0) is 50.5 Å². The highest BCUT2D eigenvalue weighted by Crippen LogP contribution is 2.23. The molecule has 9 heteroatoms. The van der Waals surface area contributed by atoms with Crippen LogP contribution in [0, 0.1) is 12.7 Å². The fourth-order valence-electron chi connectivity index (χ4n) is 3.55. The molecule has 3 rings (SSSR count). The van der Waals surface area contributed by atoms with Gasteiger partial charge in [-0.15, -0.1) is 0 Å². The maximum Gasteiger partial charge on any atom is 0.254 e. The zero-order valence-corrected chi connectivity index (χ0v) is 18.1. The molecule has 0 unspecified atom stereocenters. The lowest BCUT2D eigenvalue weighted by atomic mass is 9.98. The lowest BCUT2D eigenvalue weighted by Gasteiger charge is -2.36. The molecule has 0 radical (unpaired) electrons. The van der Waals surface area contributed by atoms with Gasteiger partial charge in [-0.2, -0.15) is 0 Å². The summed E-state index contributed by atoms with van der Waals surface area (Å²) in [6.45, 7) is 1.81. The Morgan fingerprint density at radius 3 is 2.55 bits per heavy atom. The van der Waals surface area contributed by atoms with Gasteiger partial charge in [-0.3, -0.25) is 4.79 Å². The average Bonchev–Trinajstić information content (AvgIpc) is 2.75. The summed E-state index contributed by atoms with van der Waals surface area (Å²) in [5.74, 6) is -1.09. The number of rotatable bonds is 8. The second-order valence-corrected chi connectivity index (χ2v) is 9.34. The van der Waals surface area contributed by atoms with E-state index in [2.05, 4.69) is 10.0 Å². The minimum Gasteiger partial charge on any atom is -0.394 e. The van der Waals surface area contributed by atoms with Crippen molar-refractivity contribution in [3.63, 3.8) is 0 Å². The van der Waals surface area contributed by atoms with E-state index in [9.17, 15) is 22.7 Å². The number of halogens is 1. The van der Waals surface area contributed by atoms with Gasteiger partial charge in [0, 0.05) is 6.54 Å². The number of amides is 1. The van der Waals surface area contributed by atoms with Crippen molar-refractivity contribution in [1.29, 1.82) is 0 Å². The predicted octanol–water partition coefficient (Wildman–Crippen LogP) is 2.14. The Kier molecular flexibility index (Phi) is 7.77. The Balaban J connectivity index is 1.51. The second-order valence-electron chi connectivity index (χ2n) is 7.62. The van der Waals surface area contributed by atoms with Crippen molar-refractivity contribution in [1.82, 2.24) is 10.0 Å². The molecular formula is C22H27FN2O5S. The standard InChI is InChI=1S/C22H27FN2O5S/c1-15-6-9-17(10-7-15)31(28,29)25-20-11-8-16(30-21(20)14-26)12-13-24-22(27)18-4-2-3-5-19(18)23/h2-7,9-10,16,20-21,25-26H,8,11-14H2,1H3,(H,24,27)/t16-,20-,21-/m1/s1. The zero-order valence-electron chi connectivity index (χ0n) is 17.3. The summed E-state index contributed by atoms with van der Waals surface area (Å²) < 4.78 is 47.4. The Hall–Kier alpha value is -2.33. The van der Waals surface area contributed by atoms with Crippen molar-refractivity contribution in [3.8, 4) is 0 Å². The molecular weight excluding hydrogens is 423 g/mol. The first-order chi connectivity index (χ1) is 14.8. The number of carbonyl (C=O) groups is 1. The van der Waals surface area contributed by atoms with Crippen LogP contribution >= 0.6 is 0 Å². The fraction of sp³-hybridized carbons (Fsp3) is 0.409. The highest BCUT2D eigenvalue weighted by atomic mass is 32.2. The summed E-state index contributed by atoms with van der Waals surface area (Å²) in [7, 11) is -3.73. The lowest BCUT2D eigenvalue weighted by Crippen LogP contribution is -2.51. The summed E-state index contributed by atoms with van der Waals surface area (Å²) in [4.78, 5) is 12.2. The van der Waals surface area contributed by atoms with E-state index in [0.29, 0.717) is 19.3 Å². The van der Waals surface area contributed by atoms with Crippen molar-refractivity contribution in [2.75, 3.05) is 13.2 Å². The molecule has 1 saturated heterocycles. The summed E-state index contributed by atoms with van der Waals surface area (Å²) in [5.41, 5.74) is 0.934. The Labute approximate surface area is 181 Å². The topological polar surface area (TPSA) is 105 Å². The molecule has 0 bridgehead atoms. The number of hydrogen-bond acceptors (Lipinski definition) is 5. The van der Waals surface area contributed by atoms with Crippen LogP contribution < -0.4 is 10.0 Å². The maximum absolute atomic E-state index is 13.7. The molecule has 1 fully saturated rings. The van der Waals surface area contributed by atoms with Crippen LogP contribution in [-0.4, -0.2) is 50.8 Å². The third-order valence-corrected chi connectivity index (χ3v) is 6.81. The second kappa shape index (κ2) is 10.3. The van der Waals surface area contributed by atoms with Crippen molar-refractivity contribution < 1.29 is 27.4 Å². The highest BCUT2D eigenvalue weighted by molar-refractivity contribution is 7.89. The summed E-state index contributed by atoms with van der Waals surface area (Å²) >= 11 is 0. The minimum absolute atomic E-state index is 0.0223. The first-order valence-electron chi connectivity index (χ1n) is 10.2. The van der Waals surface area contributed by atoms with Crippen molar-refractivity contribution in [3.05, 3.63) is 65.5 Å². The molecule has 1 aliphatic rings. The van der Waals surface area contributed by atoms with Gasteiger partial charge in [0.1, 0.15) is 5.82 Å². The molecule has 2 aromatic rings. The largest absolute Gasteiger partial charge is 0.394 e. The number of hydrogen-bond donors (Lipinski definition) is 3. The van der Waals surface area contributed by atoms with Crippen LogP contribution in [0.5, 0.6) is 0 Å². The Morgan fingerprint density at radius 1 is 1.16 bits per heavy atom. The van der Waals surface area contributed by atoms with E-state index < -0.39 is 33.9 Å². The molecule has 2 aromatic carbocycles. The Morgan fingerprint density at radius 2 is 1.87 bits per heavy atom. The normalized spacial score (nSPS) is 21.6. The number of carbonyl (C=O) groups excluding carboxylic acids is 1. The molecule has 1 aliphatic heterocycles. The maximum atomic E-state index is 13.7. The Bertz CT molecular complexity index is 997. The van der Waals surface area contributed by atoms with Gasteiger partial charge >= 0.3 is 0 Å². The summed E-state index contributed by atoms with van der Waals surface area (Å²) in [6, 6.07) is 11.7. The van der Waals surface area contributed by atoms with E-state index in [-0.39, 0.29) is 29.7 Å². The van der Waals surface area contributed by atoms with E-state index in [1.807, 2.05) is 6.92 Å². The molecule has 168 valence electrons. The van der Waals surface area contributed by atoms with Gasteiger partial charge in [-0.25, -0.2) is 17.5 Å². The number of benzene rings is 2. The number of aliphatic hydroxyl groups excluding tert-OH is 1. The molecule has 3 N–H and O–H groups in total. The van der Waals surface area contributed by atoms with Crippen molar-refractivity contribution in [2.45, 2.75) is 49.3 Å². The number of aryl methyl sites for hydroxylation is 1. The van der Waals surface area contributed by atoms with Crippen LogP contribution in [0.3, 0.4) is 0 Å². The van der Waals surface area contributed by atoms with Crippen LogP contribution in [-0.2, 0) is 14.8 Å². The van der Waals surface area contributed by atoms with Gasteiger partial charge in [0.05, 0.1) is 35.3 Å². The van der Waals surface area contributed by atoms with Gasteiger partial charge < -0.3 is 15.2 Å². The fourth-order valence-corrected chi connectivity index (χ4v) is 4.85. The number of ether oxygens (including phenoxy) is 1. The minimum atomic E-state index is -3.73. The monoisotopic (exact) mass is 450 g/mol. The van der Waals surface area contributed by atoms with Crippen LogP contribution in [0.2, 0.25) is 0 Å². The molecule has 31 heavy (non-hydrogen) atoms. The number of aliphatic hydroxyl groups is 1. The predicted molar refractivity (Wildman–Crippen MR) is 114 cm³/mol. The molecule has 0 aliphatic carbocycles.